The lowest BCUT2D eigenvalue weighted by Gasteiger charge is -2.13. The maximum atomic E-state index is 10.8. The standard InChI is InChI=1S/C17H18O3/c1-13(20-14(2)18)12-19-17-10-8-16(9-11-17)15-6-4-3-5-7-15/h3-11,13H,12H2,1-2H3. The second-order valence-electron chi connectivity index (χ2n) is 4.62. The molecule has 20 heavy (non-hydrogen) atoms. The zero-order valence-corrected chi connectivity index (χ0v) is 11.7. The minimum atomic E-state index is -0.291. The predicted octanol–water partition coefficient (Wildman–Crippen LogP) is 3.68. The number of carbonyl (C=O) groups is 1. The molecule has 0 aromatic heterocycles. The molecule has 2 aromatic carbocycles. The maximum Gasteiger partial charge on any atom is 0.303 e. The van der Waals surface area contributed by atoms with E-state index in [4.69, 9.17) is 9.47 Å². The van der Waals surface area contributed by atoms with Crippen LogP contribution in [0.4, 0.5) is 0 Å². The monoisotopic (exact) mass is 270 g/mol. The van der Waals surface area contributed by atoms with Gasteiger partial charge in [0.05, 0.1) is 0 Å². The van der Waals surface area contributed by atoms with Gasteiger partial charge in [-0.1, -0.05) is 42.5 Å². The van der Waals surface area contributed by atoms with E-state index in [2.05, 4.69) is 12.1 Å². The Morgan fingerprint density at radius 3 is 2.20 bits per heavy atom. The molecule has 0 radical (unpaired) electrons. The molecule has 1 atom stereocenters. The number of ether oxygens (including phenoxy) is 2. The van der Waals surface area contributed by atoms with Gasteiger partial charge in [0.1, 0.15) is 18.5 Å². The number of rotatable bonds is 5. The summed E-state index contributed by atoms with van der Waals surface area (Å²) < 4.78 is 10.6. The molecular weight excluding hydrogens is 252 g/mol. The lowest BCUT2D eigenvalue weighted by molar-refractivity contribution is -0.146. The number of benzene rings is 2. The summed E-state index contributed by atoms with van der Waals surface area (Å²) in [7, 11) is 0. The van der Waals surface area contributed by atoms with Crippen molar-refractivity contribution >= 4 is 5.97 Å². The van der Waals surface area contributed by atoms with Gasteiger partial charge >= 0.3 is 5.97 Å². The minimum Gasteiger partial charge on any atom is -0.490 e. The smallest absolute Gasteiger partial charge is 0.303 e. The van der Waals surface area contributed by atoms with Crippen LogP contribution in [0, 0.1) is 0 Å². The Morgan fingerprint density at radius 2 is 1.60 bits per heavy atom. The van der Waals surface area contributed by atoms with Crippen LogP contribution in [0.25, 0.3) is 11.1 Å². The summed E-state index contributed by atoms with van der Waals surface area (Å²) in [6.45, 7) is 3.55. The van der Waals surface area contributed by atoms with Crippen molar-refractivity contribution in [2.45, 2.75) is 20.0 Å². The van der Waals surface area contributed by atoms with Crippen molar-refractivity contribution in [1.29, 1.82) is 0 Å². The van der Waals surface area contributed by atoms with E-state index in [1.807, 2.05) is 42.5 Å². The lowest BCUT2D eigenvalue weighted by atomic mass is 10.1. The molecule has 3 heteroatoms. The van der Waals surface area contributed by atoms with Gasteiger partial charge in [-0.2, -0.15) is 0 Å². The normalized spacial score (nSPS) is 11.7. The molecule has 2 rings (SSSR count). The average Bonchev–Trinajstić information content (AvgIpc) is 2.46. The molecule has 0 aliphatic rings. The summed E-state index contributed by atoms with van der Waals surface area (Å²) >= 11 is 0. The topological polar surface area (TPSA) is 35.5 Å². The molecular formula is C17H18O3. The van der Waals surface area contributed by atoms with Crippen LogP contribution in [0.15, 0.2) is 54.6 Å². The summed E-state index contributed by atoms with van der Waals surface area (Å²) in [6.07, 6.45) is -0.249. The molecule has 0 fully saturated rings. The first kappa shape index (κ1) is 14.1. The lowest BCUT2D eigenvalue weighted by Crippen LogP contribution is -2.20. The van der Waals surface area contributed by atoms with Crippen molar-refractivity contribution in [3.05, 3.63) is 54.6 Å². The largest absolute Gasteiger partial charge is 0.490 e. The molecule has 0 saturated carbocycles. The molecule has 104 valence electrons. The van der Waals surface area contributed by atoms with Gasteiger partial charge in [0.2, 0.25) is 0 Å². The number of esters is 1. The van der Waals surface area contributed by atoms with E-state index in [9.17, 15) is 4.79 Å². The van der Waals surface area contributed by atoms with E-state index in [1.54, 1.807) is 6.92 Å². The highest BCUT2D eigenvalue weighted by Crippen LogP contribution is 2.22. The van der Waals surface area contributed by atoms with Crippen LogP contribution >= 0.6 is 0 Å². The van der Waals surface area contributed by atoms with Gasteiger partial charge in [-0.05, 0) is 30.2 Å². The highest BCUT2D eigenvalue weighted by molar-refractivity contribution is 5.66. The van der Waals surface area contributed by atoms with E-state index >= 15 is 0 Å². The van der Waals surface area contributed by atoms with E-state index in [1.165, 1.54) is 12.5 Å². The third kappa shape index (κ3) is 4.12. The first-order valence-electron chi connectivity index (χ1n) is 6.60. The molecule has 0 bridgehead atoms. The first-order valence-corrected chi connectivity index (χ1v) is 6.60. The molecule has 0 aliphatic carbocycles. The first-order chi connectivity index (χ1) is 9.65. The highest BCUT2D eigenvalue weighted by Gasteiger charge is 2.06. The third-order valence-corrected chi connectivity index (χ3v) is 2.81. The van der Waals surface area contributed by atoms with Crippen LogP contribution in [0.3, 0.4) is 0 Å². The average molecular weight is 270 g/mol. The zero-order valence-electron chi connectivity index (χ0n) is 11.7. The van der Waals surface area contributed by atoms with Gasteiger partial charge in [-0.3, -0.25) is 4.79 Å². The van der Waals surface area contributed by atoms with Gasteiger partial charge in [0.15, 0.2) is 0 Å². The Kier molecular flexibility index (Phi) is 4.77. The Hall–Kier alpha value is -2.29. The molecule has 1 unspecified atom stereocenters. The summed E-state index contributed by atoms with van der Waals surface area (Å²) in [5.74, 6) is 0.476. The van der Waals surface area contributed by atoms with Crippen molar-refractivity contribution in [2.24, 2.45) is 0 Å². The van der Waals surface area contributed by atoms with Crippen LogP contribution < -0.4 is 4.74 Å². The van der Waals surface area contributed by atoms with Crippen LogP contribution in [0.1, 0.15) is 13.8 Å². The Morgan fingerprint density at radius 1 is 1.00 bits per heavy atom. The second kappa shape index (κ2) is 6.75. The highest BCUT2D eigenvalue weighted by atomic mass is 16.6. The molecule has 0 aliphatic heterocycles. The van der Waals surface area contributed by atoms with E-state index in [0.717, 1.165) is 11.3 Å². The molecule has 0 heterocycles. The number of hydrogen-bond donors (Lipinski definition) is 0. The Labute approximate surface area is 119 Å². The summed E-state index contributed by atoms with van der Waals surface area (Å²) in [6, 6.07) is 18.0. The van der Waals surface area contributed by atoms with Crippen LogP contribution in [-0.4, -0.2) is 18.7 Å². The fourth-order valence-corrected chi connectivity index (χ4v) is 1.91. The molecule has 0 amide bonds. The maximum absolute atomic E-state index is 10.8. The fraction of sp³-hybridized carbons (Fsp3) is 0.235. The molecule has 0 saturated heterocycles. The van der Waals surface area contributed by atoms with Crippen LogP contribution in [0.2, 0.25) is 0 Å². The molecule has 2 aromatic rings. The van der Waals surface area contributed by atoms with E-state index in [0.29, 0.717) is 6.61 Å². The summed E-state index contributed by atoms with van der Waals surface area (Å²) in [4.78, 5) is 10.8. The minimum absolute atomic E-state index is 0.249. The third-order valence-electron chi connectivity index (χ3n) is 2.81. The molecule has 3 nitrogen and oxygen atoms in total. The van der Waals surface area contributed by atoms with E-state index < -0.39 is 0 Å². The van der Waals surface area contributed by atoms with Gasteiger partial charge in [0, 0.05) is 6.92 Å². The quantitative estimate of drug-likeness (QED) is 0.777. The zero-order chi connectivity index (χ0) is 14.4. The Balaban J connectivity index is 1.94. The summed E-state index contributed by atoms with van der Waals surface area (Å²) in [5.41, 5.74) is 2.32. The van der Waals surface area contributed by atoms with Crippen molar-refractivity contribution < 1.29 is 14.3 Å². The van der Waals surface area contributed by atoms with Crippen molar-refractivity contribution in [3.63, 3.8) is 0 Å². The van der Waals surface area contributed by atoms with Gasteiger partial charge in [0.25, 0.3) is 0 Å². The predicted molar refractivity (Wildman–Crippen MR) is 78.6 cm³/mol. The van der Waals surface area contributed by atoms with Crippen LogP contribution in [0.5, 0.6) is 5.75 Å². The van der Waals surface area contributed by atoms with Gasteiger partial charge < -0.3 is 9.47 Å². The van der Waals surface area contributed by atoms with Gasteiger partial charge in [-0.25, -0.2) is 0 Å². The molecule has 0 spiro atoms. The van der Waals surface area contributed by atoms with Crippen molar-refractivity contribution in [2.75, 3.05) is 6.61 Å². The van der Waals surface area contributed by atoms with Gasteiger partial charge in [-0.15, -0.1) is 0 Å². The number of carbonyl (C=O) groups excluding carboxylic acids is 1. The Bertz CT molecular complexity index is 546. The fourth-order valence-electron chi connectivity index (χ4n) is 1.91. The van der Waals surface area contributed by atoms with Crippen LogP contribution in [-0.2, 0) is 9.53 Å². The summed E-state index contributed by atoms with van der Waals surface area (Å²) in [5, 5.41) is 0. The SMILES string of the molecule is CC(=O)OC(C)COc1ccc(-c2ccccc2)cc1. The number of hydrogen-bond acceptors (Lipinski definition) is 3. The molecule has 0 N–H and O–H groups in total. The van der Waals surface area contributed by atoms with Crippen molar-refractivity contribution in [1.82, 2.24) is 0 Å². The second-order valence-corrected chi connectivity index (χ2v) is 4.62. The van der Waals surface area contributed by atoms with Crippen molar-refractivity contribution in [3.8, 4) is 16.9 Å². The van der Waals surface area contributed by atoms with E-state index in [-0.39, 0.29) is 12.1 Å².